The molecule has 0 aliphatic heterocycles. The quantitative estimate of drug-likeness (QED) is 0.786. The maximum absolute atomic E-state index is 12.6. The van der Waals surface area contributed by atoms with E-state index in [4.69, 9.17) is 22.1 Å². The van der Waals surface area contributed by atoms with Gasteiger partial charge < -0.3 is 15.4 Å². The third-order valence-electron chi connectivity index (χ3n) is 3.24. The molecular weight excluding hydrogens is 278 g/mol. The molecule has 0 unspecified atom stereocenters. The maximum atomic E-state index is 12.6. The Labute approximate surface area is 125 Å². The summed E-state index contributed by atoms with van der Waals surface area (Å²) in [5.74, 6) is 0.156. The van der Waals surface area contributed by atoms with Crippen molar-refractivity contribution in [3.63, 3.8) is 0 Å². The topological polar surface area (TPSA) is 68.5 Å². The Morgan fingerprint density at radius 1 is 1.45 bits per heavy atom. The number of amides is 1. The molecule has 0 atom stereocenters. The molecule has 0 saturated heterocycles. The molecule has 1 amide bonds. The second-order valence-electron chi connectivity index (χ2n) is 4.57. The Bertz CT molecular complexity index is 430. The van der Waals surface area contributed by atoms with Crippen LogP contribution in [-0.4, -0.2) is 42.1 Å². The van der Waals surface area contributed by atoms with Gasteiger partial charge in [-0.25, -0.2) is 4.98 Å². The van der Waals surface area contributed by atoms with E-state index < -0.39 is 0 Å². The van der Waals surface area contributed by atoms with E-state index in [2.05, 4.69) is 18.8 Å². The summed E-state index contributed by atoms with van der Waals surface area (Å²) in [7, 11) is 1.62. The van der Waals surface area contributed by atoms with Gasteiger partial charge in [0.2, 0.25) is 0 Å². The van der Waals surface area contributed by atoms with Gasteiger partial charge in [-0.2, -0.15) is 0 Å². The van der Waals surface area contributed by atoms with Crippen molar-refractivity contribution in [1.82, 2.24) is 9.88 Å². The predicted octanol–water partition coefficient (Wildman–Crippen LogP) is 2.59. The van der Waals surface area contributed by atoms with Crippen molar-refractivity contribution in [2.24, 2.45) is 0 Å². The molecule has 112 valence electrons. The van der Waals surface area contributed by atoms with Crippen LogP contribution >= 0.6 is 11.6 Å². The summed E-state index contributed by atoms with van der Waals surface area (Å²) >= 11 is 5.86. The summed E-state index contributed by atoms with van der Waals surface area (Å²) in [6, 6.07) is 3.27. The Hall–Kier alpha value is -1.33. The number of pyridine rings is 1. The van der Waals surface area contributed by atoms with Crippen molar-refractivity contribution < 1.29 is 9.53 Å². The average molecular weight is 300 g/mol. The van der Waals surface area contributed by atoms with Crippen LogP contribution in [0.3, 0.4) is 0 Å². The summed E-state index contributed by atoms with van der Waals surface area (Å²) in [6.45, 7) is 5.17. The monoisotopic (exact) mass is 299 g/mol. The number of carbonyl (C=O) groups excluding carboxylic acids is 1. The first kappa shape index (κ1) is 16.7. The summed E-state index contributed by atoms with van der Waals surface area (Å²) in [4.78, 5) is 18.3. The number of methoxy groups -OCH3 is 1. The van der Waals surface area contributed by atoms with Crippen molar-refractivity contribution in [1.29, 1.82) is 0 Å². The van der Waals surface area contributed by atoms with Gasteiger partial charge >= 0.3 is 0 Å². The van der Waals surface area contributed by atoms with E-state index in [-0.39, 0.29) is 22.9 Å². The highest BCUT2D eigenvalue weighted by atomic mass is 35.5. The number of hydrogen-bond donors (Lipinski definition) is 1. The van der Waals surface area contributed by atoms with Gasteiger partial charge in [0.15, 0.2) is 0 Å². The fourth-order valence-corrected chi connectivity index (χ4v) is 2.39. The van der Waals surface area contributed by atoms with Crippen LogP contribution in [-0.2, 0) is 4.74 Å². The number of carbonyl (C=O) groups is 1. The van der Waals surface area contributed by atoms with E-state index in [0.717, 1.165) is 12.8 Å². The first-order valence-electron chi connectivity index (χ1n) is 6.76. The Balaban J connectivity index is 3.02. The van der Waals surface area contributed by atoms with E-state index in [1.165, 1.54) is 0 Å². The smallest absolute Gasteiger partial charge is 0.254 e. The zero-order valence-corrected chi connectivity index (χ0v) is 13.0. The van der Waals surface area contributed by atoms with Gasteiger partial charge in [-0.05, 0) is 25.0 Å². The van der Waals surface area contributed by atoms with Crippen molar-refractivity contribution in [2.75, 3.05) is 26.0 Å². The molecule has 1 aromatic rings. The summed E-state index contributed by atoms with van der Waals surface area (Å²) < 4.78 is 5.09. The third-order valence-corrected chi connectivity index (χ3v) is 3.43. The number of nitrogen functional groups attached to an aromatic ring is 1. The molecule has 20 heavy (non-hydrogen) atoms. The standard InChI is InChI=1S/C14H22ClN3O2/c1-4-11(5-2)18(6-7-20-3)14(19)10-8-12(15)17-13(16)9-10/h8-9,11H,4-7H2,1-3H3,(H2,16,17). The minimum absolute atomic E-state index is 0.0910. The van der Waals surface area contributed by atoms with Crippen molar-refractivity contribution in [3.8, 4) is 0 Å². The van der Waals surface area contributed by atoms with Gasteiger partial charge in [-0.1, -0.05) is 25.4 Å². The van der Waals surface area contributed by atoms with E-state index in [1.54, 1.807) is 19.2 Å². The number of ether oxygens (including phenoxy) is 1. The molecule has 6 heteroatoms. The number of hydrogen-bond acceptors (Lipinski definition) is 4. The van der Waals surface area contributed by atoms with Gasteiger partial charge in [-0.15, -0.1) is 0 Å². The fourth-order valence-electron chi connectivity index (χ4n) is 2.18. The first-order chi connectivity index (χ1) is 9.53. The molecule has 1 aromatic heterocycles. The highest BCUT2D eigenvalue weighted by Crippen LogP contribution is 2.17. The van der Waals surface area contributed by atoms with Crippen LogP contribution < -0.4 is 5.73 Å². The van der Waals surface area contributed by atoms with Gasteiger partial charge in [0.25, 0.3) is 5.91 Å². The largest absolute Gasteiger partial charge is 0.384 e. The van der Waals surface area contributed by atoms with Crippen LogP contribution in [0.2, 0.25) is 5.15 Å². The van der Waals surface area contributed by atoms with Crippen LogP contribution in [0.25, 0.3) is 0 Å². The number of aromatic nitrogens is 1. The van der Waals surface area contributed by atoms with Crippen LogP contribution in [0.5, 0.6) is 0 Å². The Morgan fingerprint density at radius 2 is 2.10 bits per heavy atom. The number of nitrogens with two attached hydrogens (primary N) is 1. The number of nitrogens with zero attached hydrogens (tertiary/aromatic N) is 2. The molecule has 0 bridgehead atoms. The molecule has 0 aliphatic carbocycles. The number of anilines is 1. The van der Waals surface area contributed by atoms with E-state index in [9.17, 15) is 4.79 Å². The van der Waals surface area contributed by atoms with Crippen LogP contribution in [0.1, 0.15) is 37.0 Å². The third kappa shape index (κ3) is 4.35. The molecule has 0 fully saturated rings. The van der Waals surface area contributed by atoms with E-state index >= 15 is 0 Å². The molecule has 5 nitrogen and oxygen atoms in total. The molecule has 0 radical (unpaired) electrons. The van der Waals surface area contributed by atoms with Crippen molar-refractivity contribution >= 4 is 23.3 Å². The number of rotatable bonds is 7. The lowest BCUT2D eigenvalue weighted by Gasteiger charge is -2.30. The van der Waals surface area contributed by atoms with Crippen LogP contribution in [0, 0.1) is 0 Å². The molecule has 0 spiro atoms. The second kappa shape index (κ2) is 8.07. The van der Waals surface area contributed by atoms with Crippen LogP contribution in [0.15, 0.2) is 12.1 Å². The molecule has 2 N–H and O–H groups in total. The van der Waals surface area contributed by atoms with Crippen LogP contribution in [0.4, 0.5) is 5.82 Å². The lowest BCUT2D eigenvalue weighted by Crippen LogP contribution is -2.41. The van der Waals surface area contributed by atoms with Gasteiger partial charge in [0.1, 0.15) is 11.0 Å². The summed E-state index contributed by atoms with van der Waals surface area (Å²) in [5, 5.41) is 0.226. The molecular formula is C14H22ClN3O2. The van der Waals surface area contributed by atoms with Crippen molar-refractivity contribution in [2.45, 2.75) is 32.7 Å². The summed E-state index contributed by atoms with van der Waals surface area (Å²) in [6.07, 6.45) is 1.78. The fraction of sp³-hybridized carbons (Fsp3) is 0.571. The molecule has 0 aliphatic rings. The predicted molar refractivity (Wildman–Crippen MR) is 80.9 cm³/mol. The van der Waals surface area contributed by atoms with E-state index in [1.807, 2.05) is 4.90 Å². The lowest BCUT2D eigenvalue weighted by molar-refractivity contribution is 0.0589. The van der Waals surface area contributed by atoms with Gasteiger partial charge in [-0.3, -0.25) is 4.79 Å². The first-order valence-corrected chi connectivity index (χ1v) is 7.14. The number of halogens is 1. The molecule has 1 rings (SSSR count). The summed E-state index contributed by atoms with van der Waals surface area (Å²) in [5.41, 5.74) is 6.11. The zero-order valence-electron chi connectivity index (χ0n) is 12.2. The SMILES string of the molecule is CCC(CC)N(CCOC)C(=O)c1cc(N)nc(Cl)c1. The van der Waals surface area contributed by atoms with Crippen molar-refractivity contribution in [3.05, 3.63) is 22.8 Å². The molecule has 1 heterocycles. The maximum Gasteiger partial charge on any atom is 0.254 e. The lowest BCUT2D eigenvalue weighted by atomic mass is 10.1. The van der Waals surface area contributed by atoms with Gasteiger partial charge in [0, 0.05) is 25.3 Å². The minimum Gasteiger partial charge on any atom is -0.384 e. The highest BCUT2D eigenvalue weighted by molar-refractivity contribution is 6.29. The Kier molecular flexibility index (Phi) is 6.75. The van der Waals surface area contributed by atoms with Gasteiger partial charge in [0.05, 0.1) is 6.61 Å². The highest BCUT2D eigenvalue weighted by Gasteiger charge is 2.22. The molecule has 0 aromatic carbocycles. The Morgan fingerprint density at radius 3 is 2.60 bits per heavy atom. The average Bonchev–Trinajstić information content (AvgIpc) is 2.41. The zero-order chi connectivity index (χ0) is 15.1. The minimum atomic E-state index is -0.0910. The van der Waals surface area contributed by atoms with E-state index in [0.29, 0.717) is 18.7 Å². The second-order valence-corrected chi connectivity index (χ2v) is 4.95. The normalized spacial score (nSPS) is 10.8. The molecule has 0 saturated carbocycles.